The number of hydrogen-bond acceptors (Lipinski definition) is 5. The molecule has 0 spiro atoms. The van der Waals surface area contributed by atoms with E-state index in [0.717, 1.165) is 12.0 Å². The summed E-state index contributed by atoms with van der Waals surface area (Å²) in [6.45, 7) is 7.16. The fourth-order valence-electron chi connectivity index (χ4n) is 2.54. The zero-order valence-corrected chi connectivity index (χ0v) is 19.6. The Kier molecular flexibility index (Phi) is 13.2. The van der Waals surface area contributed by atoms with Crippen LogP contribution in [0.25, 0.3) is 0 Å². The number of nitrogens with one attached hydrogen (secondary N) is 2. The Morgan fingerprint density at radius 3 is 2.46 bits per heavy atom. The summed E-state index contributed by atoms with van der Waals surface area (Å²) in [5, 5.41) is 5.90. The number of carbonyl (C=O) groups excluding carboxylic acids is 1. The molecule has 0 aliphatic carbocycles. The SMILES string of the molecule is CCOC(=O)NC(CNC(N)=NCc1ccc(OC)c(OC)c1)CC(C)C.I. The third-order valence-corrected chi connectivity index (χ3v) is 3.76. The summed E-state index contributed by atoms with van der Waals surface area (Å²) in [6.07, 6.45) is 0.375. The van der Waals surface area contributed by atoms with Gasteiger partial charge in [0.05, 0.1) is 27.4 Å². The Labute approximate surface area is 184 Å². The van der Waals surface area contributed by atoms with Crippen LogP contribution in [0, 0.1) is 5.92 Å². The molecule has 9 heteroatoms. The van der Waals surface area contributed by atoms with E-state index >= 15 is 0 Å². The van der Waals surface area contributed by atoms with Gasteiger partial charge in [-0.1, -0.05) is 19.9 Å². The maximum atomic E-state index is 11.7. The summed E-state index contributed by atoms with van der Waals surface area (Å²) in [4.78, 5) is 16.0. The Morgan fingerprint density at radius 1 is 1.21 bits per heavy atom. The van der Waals surface area contributed by atoms with Gasteiger partial charge in [-0.3, -0.25) is 0 Å². The van der Waals surface area contributed by atoms with E-state index in [1.165, 1.54) is 0 Å². The molecule has 1 aromatic carbocycles. The molecule has 0 bridgehead atoms. The summed E-state index contributed by atoms with van der Waals surface area (Å²) >= 11 is 0. The van der Waals surface area contributed by atoms with Gasteiger partial charge in [-0.25, -0.2) is 9.79 Å². The third-order valence-electron chi connectivity index (χ3n) is 3.76. The van der Waals surface area contributed by atoms with Crippen LogP contribution in [0.15, 0.2) is 23.2 Å². The first-order valence-corrected chi connectivity index (χ1v) is 9.07. The number of rotatable bonds is 10. The second-order valence-electron chi connectivity index (χ2n) is 6.46. The van der Waals surface area contributed by atoms with Crippen molar-refractivity contribution in [2.75, 3.05) is 27.4 Å². The second kappa shape index (κ2) is 14.1. The fourth-order valence-corrected chi connectivity index (χ4v) is 2.54. The van der Waals surface area contributed by atoms with Crippen LogP contribution in [0.3, 0.4) is 0 Å². The molecule has 0 aromatic heterocycles. The lowest BCUT2D eigenvalue weighted by Gasteiger charge is -2.21. The van der Waals surface area contributed by atoms with E-state index in [1.54, 1.807) is 21.1 Å². The molecule has 28 heavy (non-hydrogen) atoms. The average Bonchev–Trinajstić information content (AvgIpc) is 2.63. The smallest absolute Gasteiger partial charge is 0.407 e. The number of ether oxygens (including phenoxy) is 3. The van der Waals surface area contributed by atoms with Gasteiger partial charge in [0.2, 0.25) is 0 Å². The van der Waals surface area contributed by atoms with E-state index in [1.807, 2.05) is 18.2 Å². The van der Waals surface area contributed by atoms with Gasteiger partial charge >= 0.3 is 6.09 Å². The molecule has 0 heterocycles. The van der Waals surface area contributed by atoms with Gasteiger partial charge in [-0.15, -0.1) is 24.0 Å². The van der Waals surface area contributed by atoms with Crippen molar-refractivity contribution in [2.45, 2.75) is 39.8 Å². The molecule has 1 amide bonds. The number of carbonyl (C=O) groups is 1. The van der Waals surface area contributed by atoms with Gasteiger partial charge in [-0.2, -0.15) is 0 Å². The van der Waals surface area contributed by atoms with Gasteiger partial charge in [0.1, 0.15) is 0 Å². The normalized spacial score (nSPS) is 12.0. The van der Waals surface area contributed by atoms with Crippen LogP contribution in [-0.2, 0) is 11.3 Å². The fraction of sp³-hybridized carbons (Fsp3) is 0.579. The summed E-state index contributed by atoms with van der Waals surface area (Å²) in [7, 11) is 3.18. The molecule has 0 saturated heterocycles. The van der Waals surface area contributed by atoms with Gasteiger partial charge in [0.15, 0.2) is 17.5 Å². The maximum absolute atomic E-state index is 11.7. The molecular weight excluding hydrogens is 475 g/mol. The molecule has 0 aliphatic heterocycles. The molecule has 1 aromatic rings. The van der Waals surface area contributed by atoms with E-state index in [0.29, 0.717) is 43.1 Å². The largest absolute Gasteiger partial charge is 0.493 e. The zero-order valence-electron chi connectivity index (χ0n) is 17.3. The molecule has 0 aliphatic rings. The molecular formula is C19H33IN4O4. The lowest BCUT2D eigenvalue weighted by molar-refractivity contribution is 0.146. The van der Waals surface area contributed by atoms with Crippen molar-refractivity contribution in [1.82, 2.24) is 10.6 Å². The van der Waals surface area contributed by atoms with E-state index in [9.17, 15) is 4.79 Å². The summed E-state index contributed by atoms with van der Waals surface area (Å²) < 4.78 is 15.4. The Balaban J connectivity index is 0.00000729. The molecule has 0 radical (unpaired) electrons. The van der Waals surface area contributed by atoms with Crippen LogP contribution in [0.5, 0.6) is 11.5 Å². The lowest BCUT2D eigenvalue weighted by Crippen LogP contribution is -2.46. The van der Waals surface area contributed by atoms with Gasteiger partial charge in [0.25, 0.3) is 0 Å². The van der Waals surface area contributed by atoms with Crippen molar-refractivity contribution >= 4 is 36.0 Å². The number of nitrogens with two attached hydrogens (primary N) is 1. The van der Waals surface area contributed by atoms with E-state index in [-0.39, 0.29) is 30.0 Å². The van der Waals surface area contributed by atoms with E-state index < -0.39 is 6.09 Å². The number of guanidine groups is 1. The quantitative estimate of drug-likeness (QED) is 0.255. The predicted octanol–water partition coefficient (Wildman–Crippen LogP) is 2.89. The number of aliphatic imine (C=N–C) groups is 1. The first-order valence-electron chi connectivity index (χ1n) is 9.07. The monoisotopic (exact) mass is 508 g/mol. The number of amides is 1. The second-order valence-corrected chi connectivity index (χ2v) is 6.46. The van der Waals surface area contributed by atoms with Crippen molar-refractivity contribution in [3.8, 4) is 11.5 Å². The van der Waals surface area contributed by atoms with E-state index in [4.69, 9.17) is 19.9 Å². The van der Waals surface area contributed by atoms with Crippen molar-refractivity contribution in [1.29, 1.82) is 0 Å². The number of nitrogens with zero attached hydrogens (tertiary/aromatic N) is 1. The summed E-state index contributed by atoms with van der Waals surface area (Å²) in [5.74, 6) is 2.04. The predicted molar refractivity (Wildman–Crippen MR) is 122 cm³/mol. The lowest BCUT2D eigenvalue weighted by atomic mass is 10.0. The van der Waals surface area contributed by atoms with Gasteiger partial charge < -0.3 is 30.6 Å². The summed E-state index contributed by atoms with van der Waals surface area (Å²) in [6, 6.07) is 5.50. The minimum atomic E-state index is -0.425. The highest BCUT2D eigenvalue weighted by Crippen LogP contribution is 2.27. The Bertz CT molecular complexity index is 626. The number of alkyl carbamates (subject to hydrolysis) is 1. The Morgan fingerprint density at radius 2 is 1.89 bits per heavy atom. The first-order chi connectivity index (χ1) is 12.9. The number of halogens is 1. The molecule has 0 fully saturated rings. The summed E-state index contributed by atoms with van der Waals surface area (Å²) in [5.41, 5.74) is 6.90. The van der Waals surface area contributed by atoms with Crippen LogP contribution in [0.2, 0.25) is 0 Å². The first kappa shape index (κ1) is 26.1. The molecule has 1 atom stereocenters. The topological polar surface area (TPSA) is 107 Å². The highest BCUT2D eigenvalue weighted by molar-refractivity contribution is 14.0. The van der Waals surface area contributed by atoms with Gasteiger partial charge in [-0.05, 0) is 37.0 Å². The van der Waals surface area contributed by atoms with Crippen molar-refractivity contribution < 1.29 is 19.0 Å². The highest BCUT2D eigenvalue weighted by atomic mass is 127. The number of hydrogen-bond donors (Lipinski definition) is 3. The zero-order chi connectivity index (χ0) is 20.2. The molecule has 8 nitrogen and oxygen atoms in total. The van der Waals surface area contributed by atoms with E-state index in [2.05, 4.69) is 29.5 Å². The maximum Gasteiger partial charge on any atom is 0.407 e. The van der Waals surface area contributed by atoms with Crippen LogP contribution < -0.4 is 25.8 Å². The van der Waals surface area contributed by atoms with Crippen molar-refractivity contribution in [3.05, 3.63) is 23.8 Å². The highest BCUT2D eigenvalue weighted by Gasteiger charge is 2.15. The van der Waals surface area contributed by atoms with Crippen LogP contribution in [-0.4, -0.2) is 45.5 Å². The third kappa shape index (κ3) is 9.86. The standard InChI is InChI=1S/C19H32N4O4.HI/c1-6-27-19(24)23-15(9-13(2)3)12-22-18(20)21-11-14-7-8-16(25-4)17(10-14)26-5;/h7-8,10,13,15H,6,9,11-12H2,1-5H3,(H,23,24)(H3,20,21,22);1H. The molecule has 1 unspecified atom stereocenters. The minimum Gasteiger partial charge on any atom is -0.493 e. The Hall–Kier alpha value is -1.91. The van der Waals surface area contributed by atoms with Crippen molar-refractivity contribution in [2.24, 2.45) is 16.6 Å². The van der Waals surface area contributed by atoms with Crippen molar-refractivity contribution in [3.63, 3.8) is 0 Å². The molecule has 160 valence electrons. The molecule has 1 rings (SSSR count). The average molecular weight is 508 g/mol. The minimum absolute atomic E-state index is 0. The molecule has 4 N–H and O–H groups in total. The van der Waals surface area contributed by atoms with Crippen LogP contribution in [0.1, 0.15) is 32.8 Å². The number of methoxy groups -OCH3 is 2. The van der Waals surface area contributed by atoms with Crippen LogP contribution >= 0.6 is 24.0 Å². The van der Waals surface area contributed by atoms with Gasteiger partial charge in [0, 0.05) is 12.6 Å². The number of benzene rings is 1. The molecule has 0 saturated carbocycles. The van der Waals surface area contributed by atoms with Crippen LogP contribution in [0.4, 0.5) is 4.79 Å².